The fourth-order valence-electron chi connectivity index (χ4n) is 4.34. The average Bonchev–Trinajstić information content (AvgIpc) is 3.38. The largest absolute Gasteiger partial charge is 0.323 e. The maximum absolute atomic E-state index is 13.4. The minimum Gasteiger partial charge on any atom is -0.323 e. The minimum atomic E-state index is -0.925. The first kappa shape index (κ1) is 21.2. The molecule has 9 heteroatoms. The molecule has 8 nitrogen and oxygen atoms in total. The average molecular weight is 486 g/mol. The number of benzene rings is 2. The van der Waals surface area contributed by atoms with Crippen molar-refractivity contribution in [2.24, 2.45) is 0 Å². The molecule has 2 aromatic rings. The highest BCUT2D eigenvalue weighted by Crippen LogP contribution is 2.33. The van der Waals surface area contributed by atoms with E-state index in [2.05, 4.69) is 15.9 Å². The highest BCUT2D eigenvalue weighted by molar-refractivity contribution is 9.10. The number of amides is 3. The topological polar surface area (TPSA) is 101 Å². The summed E-state index contributed by atoms with van der Waals surface area (Å²) in [5, 5.41) is 11.1. The third kappa shape index (κ3) is 4.10. The Hall–Kier alpha value is -3.07. The number of hydrogen-bond acceptors (Lipinski definition) is 5. The summed E-state index contributed by atoms with van der Waals surface area (Å²) in [6.07, 6.45) is 3.21. The van der Waals surface area contributed by atoms with Crippen LogP contribution in [0.1, 0.15) is 42.5 Å². The van der Waals surface area contributed by atoms with E-state index < -0.39 is 22.8 Å². The molecule has 2 aromatic carbocycles. The Bertz CT molecular complexity index is 1050. The van der Waals surface area contributed by atoms with Crippen molar-refractivity contribution in [3.63, 3.8) is 0 Å². The third-order valence-electron chi connectivity index (χ3n) is 5.80. The van der Waals surface area contributed by atoms with Crippen molar-refractivity contribution in [1.82, 2.24) is 4.90 Å². The first-order valence-electron chi connectivity index (χ1n) is 10.1. The van der Waals surface area contributed by atoms with Crippen molar-refractivity contribution in [2.45, 2.75) is 44.2 Å². The van der Waals surface area contributed by atoms with Crippen molar-refractivity contribution in [2.75, 3.05) is 4.90 Å². The van der Waals surface area contributed by atoms with Gasteiger partial charge in [-0.2, -0.15) is 0 Å². The van der Waals surface area contributed by atoms with Gasteiger partial charge in [0.1, 0.15) is 6.04 Å². The molecule has 1 heterocycles. The van der Waals surface area contributed by atoms with Crippen LogP contribution in [0, 0.1) is 10.1 Å². The Morgan fingerprint density at radius 2 is 1.77 bits per heavy atom. The Morgan fingerprint density at radius 3 is 2.42 bits per heavy atom. The first-order chi connectivity index (χ1) is 14.9. The van der Waals surface area contributed by atoms with Crippen LogP contribution in [0.4, 0.5) is 11.4 Å². The summed E-state index contributed by atoms with van der Waals surface area (Å²) >= 11 is 3.34. The van der Waals surface area contributed by atoms with Crippen LogP contribution in [0.5, 0.6) is 0 Å². The number of imide groups is 1. The summed E-state index contributed by atoms with van der Waals surface area (Å²) < 4.78 is 0.820. The van der Waals surface area contributed by atoms with E-state index in [4.69, 9.17) is 0 Å². The van der Waals surface area contributed by atoms with E-state index in [0.717, 1.165) is 35.1 Å². The maximum Gasteiger partial charge on any atom is 0.270 e. The van der Waals surface area contributed by atoms with E-state index in [9.17, 15) is 24.5 Å². The fraction of sp³-hybridized carbons (Fsp3) is 0.318. The molecule has 0 spiro atoms. The van der Waals surface area contributed by atoms with E-state index in [1.165, 1.54) is 29.2 Å². The zero-order chi connectivity index (χ0) is 22.1. The standard InChI is InChI=1S/C22H20BrN3O5/c23-15-8-10-17(11-9-15)25-20(27)13-19(22(25)29)24(16-5-1-2-6-16)21(28)14-4-3-7-18(12-14)26(30)31/h3-4,7-12,16,19H,1-2,5-6,13H2. The molecule has 0 radical (unpaired) electrons. The van der Waals surface area contributed by atoms with Crippen LogP contribution < -0.4 is 4.90 Å². The van der Waals surface area contributed by atoms with Crippen LogP contribution in [-0.2, 0) is 9.59 Å². The van der Waals surface area contributed by atoms with Gasteiger partial charge in [0.25, 0.3) is 17.5 Å². The number of hydrogen-bond donors (Lipinski definition) is 0. The van der Waals surface area contributed by atoms with E-state index in [1.54, 1.807) is 24.3 Å². The van der Waals surface area contributed by atoms with Crippen LogP contribution in [0.2, 0.25) is 0 Å². The number of anilines is 1. The SMILES string of the molecule is O=C1CC(N(C(=O)c2cccc([N+](=O)[O-])c2)C2CCCC2)C(=O)N1c1ccc(Br)cc1. The Labute approximate surface area is 187 Å². The molecule has 2 aliphatic rings. The molecule has 1 atom stereocenters. The summed E-state index contributed by atoms with van der Waals surface area (Å²) in [6, 6.07) is 11.2. The van der Waals surface area contributed by atoms with Gasteiger partial charge in [-0.25, -0.2) is 4.90 Å². The molecule has 1 aliphatic heterocycles. The molecule has 2 fully saturated rings. The van der Waals surface area contributed by atoms with E-state index in [-0.39, 0.29) is 29.6 Å². The van der Waals surface area contributed by atoms with Gasteiger partial charge in [-0.15, -0.1) is 0 Å². The van der Waals surface area contributed by atoms with Gasteiger partial charge >= 0.3 is 0 Å². The Morgan fingerprint density at radius 1 is 1.10 bits per heavy atom. The van der Waals surface area contributed by atoms with Crippen LogP contribution in [0.15, 0.2) is 53.0 Å². The summed E-state index contributed by atoms with van der Waals surface area (Å²) in [7, 11) is 0. The zero-order valence-electron chi connectivity index (χ0n) is 16.6. The van der Waals surface area contributed by atoms with E-state index in [1.807, 2.05) is 0 Å². The first-order valence-corrected chi connectivity index (χ1v) is 10.9. The lowest BCUT2D eigenvalue weighted by molar-refractivity contribution is -0.384. The van der Waals surface area contributed by atoms with Gasteiger partial charge in [0.15, 0.2) is 0 Å². The summed E-state index contributed by atoms with van der Waals surface area (Å²) in [4.78, 5) is 52.7. The second kappa shape index (κ2) is 8.58. The molecule has 1 saturated heterocycles. The smallest absolute Gasteiger partial charge is 0.270 e. The molecule has 3 amide bonds. The highest BCUT2D eigenvalue weighted by Gasteiger charge is 2.47. The predicted octanol–water partition coefficient (Wildman–Crippen LogP) is 4.07. The van der Waals surface area contributed by atoms with Gasteiger partial charge in [0, 0.05) is 28.2 Å². The molecule has 31 heavy (non-hydrogen) atoms. The number of halogens is 1. The van der Waals surface area contributed by atoms with Crippen LogP contribution in [-0.4, -0.2) is 39.6 Å². The van der Waals surface area contributed by atoms with Gasteiger partial charge in [-0.1, -0.05) is 34.8 Å². The minimum absolute atomic E-state index is 0.105. The third-order valence-corrected chi connectivity index (χ3v) is 6.33. The molecule has 4 rings (SSSR count). The molecule has 1 aliphatic carbocycles. The number of nitro groups is 1. The van der Waals surface area contributed by atoms with Gasteiger partial charge < -0.3 is 4.90 Å². The van der Waals surface area contributed by atoms with Gasteiger partial charge in [0.2, 0.25) is 5.91 Å². The molecular formula is C22H20BrN3O5. The number of carbonyl (C=O) groups is 3. The predicted molar refractivity (Wildman–Crippen MR) is 117 cm³/mol. The van der Waals surface area contributed by atoms with Crippen LogP contribution in [0.25, 0.3) is 0 Å². The van der Waals surface area contributed by atoms with Crippen molar-refractivity contribution in [1.29, 1.82) is 0 Å². The lowest BCUT2D eigenvalue weighted by Crippen LogP contribution is -2.50. The molecule has 1 saturated carbocycles. The molecule has 1 unspecified atom stereocenters. The van der Waals surface area contributed by atoms with Crippen molar-refractivity contribution < 1.29 is 19.3 Å². The molecule has 0 aromatic heterocycles. The summed E-state index contributed by atoms with van der Waals surface area (Å²) in [5.74, 6) is -1.27. The normalized spacial score (nSPS) is 19.1. The highest BCUT2D eigenvalue weighted by atomic mass is 79.9. The van der Waals surface area contributed by atoms with Gasteiger partial charge in [-0.05, 0) is 43.2 Å². The van der Waals surface area contributed by atoms with Crippen molar-refractivity contribution in [3.05, 3.63) is 68.7 Å². The lowest BCUT2D eigenvalue weighted by atomic mass is 10.1. The summed E-state index contributed by atoms with van der Waals surface area (Å²) in [6.45, 7) is 0. The molecule has 0 bridgehead atoms. The second-order valence-electron chi connectivity index (χ2n) is 7.72. The molecule has 160 valence electrons. The number of non-ortho nitro benzene ring substituents is 1. The Balaban J connectivity index is 1.68. The number of carbonyl (C=O) groups excluding carboxylic acids is 3. The van der Waals surface area contributed by atoms with Crippen LogP contribution in [0.3, 0.4) is 0 Å². The second-order valence-corrected chi connectivity index (χ2v) is 8.64. The van der Waals surface area contributed by atoms with E-state index >= 15 is 0 Å². The Kier molecular flexibility index (Phi) is 5.86. The zero-order valence-corrected chi connectivity index (χ0v) is 18.2. The van der Waals surface area contributed by atoms with Crippen molar-refractivity contribution >= 4 is 45.0 Å². The number of nitro benzene ring substituents is 1. The maximum atomic E-state index is 13.4. The fourth-order valence-corrected chi connectivity index (χ4v) is 4.60. The van der Waals surface area contributed by atoms with E-state index in [0.29, 0.717) is 5.69 Å². The quantitative estimate of drug-likeness (QED) is 0.360. The number of nitrogens with zero attached hydrogens (tertiary/aromatic N) is 3. The monoisotopic (exact) mass is 485 g/mol. The molecular weight excluding hydrogens is 466 g/mol. The number of rotatable bonds is 5. The van der Waals surface area contributed by atoms with Crippen molar-refractivity contribution in [3.8, 4) is 0 Å². The summed E-state index contributed by atoms with van der Waals surface area (Å²) in [5.41, 5.74) is 0.404. The van der Waals surface area contributed by atoms with Gasteiger partial charge in [0.05, 0.1) is 17.0 Å². The van der Waals surface area contributed by atoms with Crippen LogP contribution >= 0.6 is 15.9 Å². The van der Waals surface area contributed by atoms with Gasteiger partial charge in [-0.3, -0.25) is 24.5 Å². The lowest BCUT2D eigenvalue weighted by Gasteiger charge is -2.33. The molecule has 0 N–H and O–H groups in total.